The van der Waals surface area contributed by atoms with Crippen LogP contribution in [0.4, 0.5) is 0 Å². The molecular formula is C15H20N2O2S2. The van der Waals surface area contributed by atoms with Crippen LogP contribution in [0.5, 0.6) is 0 Å². The standard InChI is InChI=1S/C15H20N2O2S2/c1-2-14-4-3-13(10-16)9-15(14)21(18,19)17-7-5-12-6-8-20-11-12/h3-4,6,8-9,11,17H,2,5,7,10,16H2,1H3. The summed E-state index contributed by atoms with van der Waals surface area (Å²) in [6.45, 7) is 2.68. The number of hydrogen-bond acceptors (Lipinski definition) is 4. The Morgan fingerprint density at radius 3 is 2.67 bits per heavy atom. The minimum absolute atomic E-state index is 0.335. The molecule has 0 aliphatic heterocycles. The van der Waals surface area contributed by atoms with E-state index in [-0.39, 0.29) is 0 Å². The van der Waals surface area contributed by atoms with Gasteiger partial charge in [-0.1, -0.05) is 19.1 Å². The molecule has 0 saturated heterocycles. The first-order valence-electron chi connectivity index (χ1n) is 6.89. The maximum Gasteiger partial charge on any atom is 0.240 e. The molecule has 0 unspecified atom stereocenters. The highest BCUT2D eigenvalue weighted by Gasteiger charge is 2.17. The molecular weight excluding hydrogens is 304 g/mol. The van der Waals surface area contributed by atoms with Gasteiger partial charge in [0.2, 0.25) is 10.0 Å². The Labute approximate surface area is 130 Å². The summed E-state index contributed by atoms with van der Waals surface area (Å²) in [7, 11) is -3.49. The van der Waals surface area contributed by atoms with Crippen LogP contribution in [0.3, 0.4) is 0 Å². The van der Waals surface area contributed by atoms with Gasteiger partial charge in [-0.05, 0) is 52.4 Å². The van der Waals surface area contributed by atoms with Crippen LogP contribution in [0, 0.1) is 0 Å². The maximum absolute atomic E-state index is 12.5. The third-order valence-electron chi connectivity index (χ3n) is 3.32. The molecule has 0 radical (unpaired) electrons. The van der Waals surface area contributed by atoms with Gasteiger partial charge in [0, 0.05) is 13.1 Å². The molecule has 0 atom stereocenters. The number of thiophene rings is 1. The number of nitrogens with two attached hydrogens (primary N) is 1. The van der Waals surface area contributed by atoms with Gasteiger partial charge >= 0.3 is 0 Å². The van der Waals surface area contributed by atoms with Gasteiger partial charge < -0.3 is 5.73 Å². The van der Waals surface area contributed by atoms with Crippen LogP contribution < -0.4 is 10.5 Å². The van der Waals surface area contributed by atoms with E-state index in [9.17, 15) is 8.42 Å². The zero-order valence-corrected chi connectivity index (χ0v) is 13.6. The average Bonchev–Trinajstić information content (AvgIpc) is 2.99. The van der Waals surface area contributed by atoms with Crippen molar-refractivity contribution in [3.8, 4) is 0 Å². The lowest BCUT2D eigenvalue weighted by atomic mass is 10.1. The summed E-state index contributed by atoms with van der Waals surface area (Å²) < 4.78 is 27.6. The van der Waals surface area contributed by atoms with Gasteiger partial charge in [-0.25, -0.2) is 13.1 Å². The van der Waals surface area contributed by atoms with E-state index in [1.165, 1.54) is 0 Å². The second-order valence-electron chi connectivity index (χ2n) is 4.78. The largest absolute Gasteiger partial charge is 0.326 e. The van der Waals surface area contributed by atoms with Crippen LogP contribution in [0.1, 0.15) is 23.6 Å². The number of hydrogen-bond donors (Lipinski definition) is 2. The molecule has 2 aromatic rings. The predicted molar refractivity (Wildman–Crippen MR) is 86.9 cm³/mol. The molecule has 0 aliphatic rings. The van der Waals surface area contributed by atoms with E-state index in [0.717, 1.165) is 16.7 Å². The molecule has 0 fully saturated rings. The number of benzene rings is 1. The lowest BCUT2D eigenvalue weighted by Crippen LogP contribution is -2.27. The minimum Gasteiger partial charge on any atom is -0.326 e. The van der Waals surface area contributed by atoms with Crippen molar-refractivity contribution in [3.63, 3.8) is 0 Å². The molecule has 0 saturated carbocycles. The van der Waals surface area contributed by atoms with E-state index >= 15 is 0 Å². The predicted octanol–water partition coefficient (Wildman–Crippen LogP) is 2.29. The van der Waals surface area contributed by atoms with Crippen LogP contribution in [-0.2, 0) is 29.4 Å². The smallest absolute Gasteiger partial charge is 0.240 e. The summed E-state index contributed by atoms with van der Waals surface area (Å²) in [4.78, 5) is 0.346. The number of aryl methyl sites for hydroxylation is 1. The van der Waals surface area contributed by atoms with E-state index in [4.69, 9.17) is 5.73 Å². The molecule has 0 amide bonds. The molecule has 21 heavy (non-hydrogen) atoms. The molecule has 4 nitrogen and oxygen atoms in total. The fourth-order valence-corrected chi connectivity index (χ4v) is 4.20. The van der Waals surface area contributed by atoms with Gasteiger partial charge in [-0.2, -0.15) is 11.3 Å². The third-order valence-corrected chi connectivity index (χ3v) is 5.60. The fraction of sp³-hybridized carbons (Fsp3) is 0.333. The lowest BCUT2D eigenvalue weighted by molar-refractivity contribution is 0.580. The molecule has 1 heterocycles. The van der Waals surface area contributed by atoms with Crippen molar-refractivity contribution < 1.29 is 8.42 Å². The third kappa shape index (κ3) is 4.14. The van der Waals surface area contributed by atoms with Crippen molar-refractivity contribution >= 4 is 21.4 Å². The topological polar surface area (TPSA) is 72.2 Å². The minimum atomic E-state index is -3.49. The Morgan fingerprint density at radius 2 is 2.05 bits per heavy atom. The molecule has 1 aromatic heterocycles. The zero-order valence-electron chi connectivity index (χ0n) is 12.0. The zero-order chi connectivity index (χ0) is 15.3. The molecule has 114 valence electrons. The van der Waals surface area contributed by atoms with Gasteiger partial charge in [0.15, 0.2) is 0 Å². The summed E-state index contributed by atoms with van der Waals surface area (Å²) in [6.07, 6.45) is 1.37. The summed E-state index contributed by atoms with van der Waals surface area (Å²) in [5.74, 6) is 0. The van der Waals surface area contributed by atoms with Crippen LogP contribution in [0.15, 0.2) is 39.9 Å². The molecule has 0 spiro atoms. The summed E-state index contributed by atoms with van der Waals surface area (Å²) in [5, 5.41) is 4.02. The maximum atomic E-state index is 12.5. The normalized spacial score (nSPS) is 11.7. The van der Waals surface area contributed by atoms with Crippen molar-refractivity contribution in [1.82, 2.24) is 4.72 Å². The van der Waals surface area contributed by atoms with Crippen molar-refractivity contribution in [2.24, 2.45) is 5.73 Å². The Balaban J connectivity index is 2.14. The Hall–Kier alpha value is -1.21. The average molecular weight is 324 g/mol. The van der Waals surface area contributed by atoms with Crippen molar-refractivity contribution in [3.05, 3.63) is 51.7 Å². The van der Waals surface area contributed by atoms with Gasteiger partial charge in [0.25, 0.3) is 0 Å². The number of rotatable bonds is 7. The molecule has 0 bridgehead atoms. The van der Waals surface area contributed by atoms with Gasteiger partial charge in [0.1, 0.15) is 0 Å². The van der Waals surface area contributed by atoms with E-state index in [1.807, 2.05) is 35.9 Å². The SMILES string of the molecule is CCc1ccc(CN)cc1S(=O)(=O)NCCc1ccsc1. The van der Waals surface area contributed by atoms with E-state index in [1.54, 1.807) is 17.4 Å². The van der Waals surface area contributed by atoms with Gasteiger partial charge in [-0.15, -0.1) is 0 Å². The monoisotopic (exact) mass is 324 g/mol. The van der Waals surface area contributed by atoms with Crippen molar-refractivity contribution in [2.75, 3.05) is 6.54 Å². The summed E-state index contributed by atoms with van der Waals surface area (Å²) in [5.41, 5.74) is 8.39. The second kappa shape index (κ2) is 7.17. The summed E-state index contributed by atoms with van der Waals surface area (Å²) in [6, 6.07) is 7.40. The fourth-order valence-electron chi connectivity index (χ4n) is 2.11. The van der Waals surface area contributed by atoms with Crippen LogP contribution >= 0.6 is 11.3 Å². The molecule has 3 N–H and O–H groups in total. The van der Waals surface area contributed by atoms with Crippen LogP contribution in [0.25, 0.3) is 0 Å². The molecule has 2 rings (SSSR count). The van der Waals surface area contributed by atoms with E-state index in [2.05, 4.69) is 4.72 Å². The van der Waals surface area contributed by atoms with Gasteiger partial charge in [-0.3, -0.25) is 0 Å². The van der Waals surface area contributed by atoms with E-state index < -0.39 is 10.0 Å². The van der Waals surface area contributed by atoms with Crippen molar-refractivity contribution in [1.29, 1.82) is 0 Å². The Bertz CT molecular complexity index is 680. The molecule has 0 aliphatic carbocycles. The highest BCUT2D eigenvalue weighted by atomic mass is 32.2. The Morgan fingerprint density at radius 1 is 1.24 bits per heavy atom. The highest BCUT2D eigenvalue weighted by molar-refractivity contribution is 7.89. The molecule has 1 aromatic carbocycles. The Kier molecular flexibility index (Phi) is 5.52. The first kappa shape index (κ1) is 16.2. The highest BCUT2D eigenvalue weighted by Crippen LogP contribution is 2.18. The van der Waals surface area contributed by atoms with Crippen LogP contribution in [0.2, 0.25) is 0 Å². The van der Waals surface area contributed by atoms with E-state index in [0.29, 0.717) is 30.8 Å². The van der Waals surface area contributed by atoms with Crippen molar-refractivity contribution in [2.45, 2.75) is 31.2 Å². The quantitative estimate of drug-likeness (QED) is 0.821. The summed E-state index contributed by atoms with van der Waals surface area (Å²) >= 11 is 1.61. The molecule has 6 heteroatoms. The first-order chi connectivity index (χ1) is 10.1. The second-order valence-corrected chi connectivity index (χ2v) is 7.29. The van der Waals surface area contributed by atoms with Crippen LogP contribution in [-0.4, -0.2) is 15.0 Å². The lowest BCUT2D eigenvalue weighted by Gasteiger charge is -2.12. The van der Waals surface area contributed by atoms with Gasteiger partial charge in [0.05, 0.1) is 4.90 Å². The number of sulfonamides is 1. The number of nitrogens with one attached hydrogen (secondary N) is 1. The first-order valence-corrected chi connectivity index (χ1v) is 9.32.